The Labute approximate surface area is 815 Å². The molecule has 24 nitrogen and oxygen atoms in total. The second kappa shape index (κ2) is 30.9. The average Bonchev–Trinajstić information content (AvgIpc) is 1.58. The molecule has 0 aliphatic heterocycles. The highest BCUT2D eigenvalue weighted by Gasteiger charge is 2.35. The number of nitrogens with zero attached hydrogens (tertiary/aromatic N) is 24. The Bertz CT molecular complexity index is 9270. The van der Waals surface area contributed by atoms with Gasteiger partial charge in [-0.2, -0.15) is 0 Å². The van der Waals surface area contributed by atoms with Crippen LogP contribution in [0.15, 0.2) is 366 Å². The molecule has 0 saturated carbocycles. The van der Waals surface area contributed by atoms with Gasteiger partial charge in [-0.3, -0.25) is 76.2 Å². The van der Waals surface area contributed by atoms with Crippen LogP contribution >= 0.6 is 0 Å². The van der Waals surface area contributed by atoms with E-state index in [1.165, 1.54) is 112 Å². The summed E-state index contributed by atoms with van der Waals surface area (Å²) in [7, 11) is 0. The van der Waals surface area contributed by atoms with Gasteiger partial charge in [0.2, 0.25) is 0 Å². The number of hydrogen-bond donors (Lipinski definition) is 0. The van der Waals surface area contributed by atoms with Crippen molar-refractivity contribution in [2.24, 2.45) is 0 Å². The van der Waals surface area contributed by atoms with Crippen LogP contribution in [-0.2, 0) is 38.5 Å². The summed E-state index contributed by atoms with van der Waals surface area (Å²) >= 11 is 0. The van der Waals surface area contributed by atoms with Gasteiger partial charge in [0.25, 0.3) is 0 Å². The van der Waals surface area contributed by atoms with Gasteiger partial charge in [0.15, 0.2) is 5.65 Å². The van der Waals surface area contributed by atoms with E-state index in [1.807, 2.05) is 160 Å². The number of benzene rings is 6. The van der Waals surface area contributed by atoms with Crippen molar-refractivity contribution in [3.63, 3.8) is 0 Å². The van der Waals surface area contributed by atoms with Crippen LogP contribution < -0.4 is 0 Å². The van der Waals surface area contributed by atoms with E-state index < -0.39 is 0 Å². The summed E-state index contributed by atoms with van der Waals surface area (Å²) < 4.78 is 13.5. The Morgan fingerprint density at radius 3 is 0.812 bits per heavy atom. The summed E-state index contributed by atoms with van der Waals surface area (Å²) in [5, 5.41) is 16.8. The summed E-state index contributed by atoms with van der Waals surface area (Å²) in [6.45, 7) is 0. The Hall–Kier alpha value is -19.6. The number of hydrogen-bond acceptors (Lipinski definition) is 18. The Kier molecular flexibility index (Phi) is 17.1. The molecule has 0 atom stereocenters. The van der Waals surface area contributed by atoms with E-state index >= 15 is 0 Å². The highest BCUT2D eigenvalue weighted by atomic mass is 15.1. The zero-order valence-corrected chi connectivity index (χ0v) is 76.6. The maximum atomic E-state index is 5.02. The van der Waals surface area contributed by atoms with Crippen LogP contribution in [0.1, 0.15) is 67.5 Å². The molecule has 0 radical (unpaired) electrons. The minimum Gasteiger partial charge on any atom is -0.294 e. The molecule has 0 N–H and O–H groups in total. The normalized spacial score (nSPS) is 12.8. The quantitative estimate of drug-likeness (QED) is 0.128. The van der Waals surface area contributed by atoms with E-state index in [-0.39, 0.29) is 0 Å². The topological polar surface area (TPSA) is 258 Å². The molecule has 0 spiro atoms. The van der Waals surface area contributed by atoms with Gasteiger partial charge in [0.1, 0.15) is 45.0 Å². The lowest BCUT2D eigenvalue weighted by Gasteiger charge is -2.09. The number of imidazole rings is 6. The van der Waals surface area contributed by atoms with E-state index in [1.54, 1.807) is 0 Å². The van der Waals surface area contributed by atoms with Crippen molar-refractivity contribution >= 4 is 165 Å². The van der Waals surface area contributed by atoms with Crippen LogP contribution in [0.25, 0.3) is 232 Å². The van der Waals surface area contributed by atoms with Crippen LogP contribution in [0.4, 0.5) is 0 Å². The van der Waals surface area contributed by atoms with Gasteiger partial charge in [-0.05, 0) is 136 Å². The molecule has 6 aromatic carbocycles. The molecule has 144 heavy (non-hydrogen) atoms. The van der Waals surface area contributed by atoms with Crippen molar-refractivity contribution in [2.75, 3.05) is 0 Å². The standard InChI is InChI=1S/6C20H12N4/c1-2-6-13-12(5-1)11-16-18(13)23-20-15-8-3-9-21-17(15)14-7-4-10-22-19(14)24(16)20;1-2-5-13-12(4-1)10-16-19(13)23-20-15-6-3-8-22-18(15)14-7-9-21-11-17(14)24(16)20;1-2-5-13-12(4-1)10-16-18(13)23-20-19-15(6-3-8-22-19)14-7-9-21-11-17(14)24(16)20;1-2-5-13-12(4-1)10-17-18(13)23-20-15-7-9-21-11-16(15)14-6-3-8-22-19(14)24(17)20;1-2-4-13-12(3-1)9-17-19(13)23-20-15-6-8-21-10-16(15)14-5-7-22-11-18(14)24(17)20;1-2-4-13-12(3-1)9-17-19(13)23-20-16-10-21-7-5-14(16)15-6-8-22-11-18(15)24(17)20/h1-10H,11H2;3*1-9,11H,10H2;2*1-8,10-11H,9H2. The molecule has 0 unspecified atom stereocenters. The van der Waals surface area contributed by atoms with Gasteiger partial charge in [0, 0.05) is 240 Å². The summed E-state index contributed by atoms with van der Waals surface area (Å²) in [6.07, 6.45) is 40.9. The number of rotatable bonds is 0. The minimum atomic E-state index is 0.893. The van der Waals surface area contributed by atoms with Crippen molar-refractivity contribution < 1.29 is 0 Å². The van der Waals surface area contributed by atoms with E-state index in [0.29, 0.717) is 0 Å². The largest absolute Gasteiger partial charge is 0.294 e. The van der Waals surface area contributed by atoms with Gasteiger partial charge in [0.05, 0.1) is 126 Å². The second-order valence-electron chi connectivity index (χ2n) is 37.2. The zero-order valence-electron chi connectivity index (χ0n) is 76.6. The Morgan fingerprint density at radius 1 is 0.153 bits per heavy atom. The summed E-state index contributed by atoms with van der Waals surface area (Å²) in [4.78, 5) is 83.5. The molecule has 0 bridgehead atoms. The highest BCUT2D eigenvalue weighted by molar-refractivity contribution is 6.17. The summed E-state index contributed by atoms with van der Waals surface area (Å²) in [5.41, 5.74) is 44.3. The zero-order chi connectivity index (χ0) is 94.0. The van der Waals surface area contributed by atoms with E-state index in [0.717, 1.165) is 227 Å². The molecule has 24 heterocycles. The van der Waals surface area contributed by atoms with Crippen molar-refractivity contribution in [1.29, 1.82) is 0 Å². The molecule has 30 aromatic rings. The van der Waals surface area contributed by atoms with Crippen LogP contribution in [0.3, 0.4) is 0 Å². The Balaban J connectivity index is 0.0000000788. The fourth-order valence-corrected chi connectivity index (χ4v) is 23.6. The van der Waals surface area contributed by atoms with Gasteiger partial charge in [-0.15, -0.1) is 0 Å². The number of fused-ring (bicyclic) bond motifs is 60. The molecule has 6 aliphatic rings. The summed E-state index contributed by atoms with van der Waals surface area (Å²) in [6, 6.07) is 85.9. The van der Waals surface area contributed by atoms with Gasteiger partial charge in [-0.25, -0.2) is 39.9 Å². The predicted octanol–water partition coefficient (Wildman–Crippen LogP) is 24.0. The molecular weight excluding hydrogens is 1780 g/mol. The van der Waals surface area contributed by atoms with Crippen LogP contribution in [-0.4, -0.2) is 116 Å². The maximum absolute atomic E-state index is 5.02. The third-order valence-electron chi connectivity index (χ3n) is 29.8. The molecule has 0 amide bonds. The highest BCUT2D eigenvalue weighted by Crippen LogP contribution is 2.49. The van der Waals surface area contributed by atoms with Crippen LogP contribution in [0, 0.1) is 0 Å². The molecule has 36 rings (SSSR count). The lowest BCUT2D eigenvalue weighted by molar-refractivity contribution is 1.07. The van der Waals surface area contributed by atoms with E-state index in [4.69, 9.17) is 29.9 Å². The predicted molar refractivity (Wildman–Crippen MR) is 564 cm³/mol. The molecule has 24 heteroatoms. The smallest absolute Gasteiger partial charge is 0.164 e. The molecule has 24 aromatic heterocycles. The SMILES string of the molecule is c1ccc2c(c1)Cc1c-2nc2c3cccnc3c3cccnc3n12.c1ccc2c(c1)Cc1c-2nc2c3cccnc3c3ccncc3n12.c1ccc2c(c1)Cc1c-2nc2c3ccncc3c3cccnc3n12.c1ccc2c(c1)Cc1c-2nc2c3ccncc3c3ccncc3n12.c1ccc2c(c1)Cc1c-2nc2c3cnccc3c3ccncc3n12.c1ccc2c(c1)Cc1c-2nc2c3ncccc3c3ccncc3n12. The van der Waals surface area contributed by atoms with Crippen molar-refractivity contribution in [1.82, 2.24) is 116 Å². The monoisotopic (exact) mass is 1850 g/mol. The van der Waals surface area contributed by atoms with Crippen LogP contribution in [0.2, 0.25) is 0 Å². The molecule has 0 fully saturated rings. The fourth-order valence-electron chi connectivity index (χ4n) is 23.6. The van der Waals surface area contributed by atoms with Gasteiger partial charge >= 0.3 is 0 Å². The van der Waals surface area contributed by atoms with Gasteiger partial charge in [-0.1, -0.05) is 152 Å². The van der Waals surface area contributed by atoms with E-state index in [2.05, 4.69) is 292 Å². The lowest BCUT2D eigenvalue weighted by Crippen LogP contribution is -1.98. The third kappa shape index (κ3) is 11.6. The first-order valence-electron chi connectivity index (χ1n) is 48.1. The van der Waals surface area contributed by atoms with E-state index in [9.17, 15) is 0 Å². The first kappa shape index (κ1) is 79.4. The minimum absolute atomic E-state index is 0.893. The fraction of sp³-hybridized carbons (Fsp3) is 0.0500. The molecule has 6 aliphatic carbocycles. The van der Waals surface area contributed by atoms with Gasteiger partial charge < -0.3 is 0 Å². The molecular formula is C120H72N24. The number of aromatic nitrogens is 24. The summed E-state index contributed by atoms with van der Waals surface area (Å²) in [5.74, 6) is 0. The third-order valence-corrected chi connectivity index (χ3v) is 29.8. The lowest BCUT2D eigenvalue weighted by atomic mass is 10.1. The average molecular weight is 1850 g/mol. The van der Waals surface area contributed by atoms with Crippen LogP contribution in [0.5, 0.6) is 0 Å². The van der Waals surface area contributed by atoms with Crippen molar-refractivity contribution in [3.8, 4) is 67.5 Å². The Morgan fingerprint density at radius 2 is 0.396 bits per heavy atom. The van der Waals surface area contributed by atoms with Crippen molar-refractivity contribution in [2.45, 2.75) is 38.5 Å². The number of pyridine rings is 18. The first-order valence-corrected chi connectivity index (χ1v) is 48.1. The first-order chi connectivity index (χ1) is 71.5. The molecule has 0 saturated heterocycles. The van der Waals surface area contributed by atoms with Crippen molar-refractivity contribution in [3.05, 3.63) is 434 Å². The maximum Gasteiger partial charge on any atom is 0.164 e. The second-order valence-corrected chi connectivity index (χ2v) is 37.2. The molecule has 672 valence electrons.